The Morgan fingerprint density at radius 2 is 1.57 bits per heavy atom. The van der Waals surface area contributed by atoms with Crippen molar-refractivity contribution < 1.29 is 44.7 Å². The van der Waals surface area contributed by atoms with E-state index in [9.17, 15) is 39.9 Å². The van der Waals surface area contributed by atoms with Crippen molar-refractivity contribution in [1.29, 1.82) is 0 Å². The van der Waals surface area contributed by atoms with Crippen molar-refractivity contribution >= 4 is 5.97 Å². The molecule has 0 bridgehead atoms. The van der Waals surface area contributed by atoms with Crippen LogP contribution in [-0.4, -0.2) is 41.7 Å². The third-order valence-electron chi connectivity index (χ3n) is 6.09. The number of ether oxygens (including phenoxy) is 1. The molecule has 0 saturated carbocycles. The lowest BCUT2D eigenvalue weighted by Crippen LogP contribution is -2.57. The number of piperidine rings is 1. The smallest absolute Gasteiger partial charge is 0.416 e. The number of hydrogen-bond acceptors (Lipinski definition) is 3. The summed E-state index contributed by atoms with van der Waals surface area (Å²) in [6.07, 6.45) is -12.8. The largest absolute Gasteiger partial charge is 0.454 e. The average Bonchev–Trinajstić information content (AvgIpc) is 2.67. The molecule has 200 valence electrons. The van der Waals surface area contributed by atoms with Crippen LogP contribution in [0, 0.1) is 5.41 Å². The molecule has 0 N–H and O–H groups in total. The Morgan fingerprint density at radius 1 is 1.03 bits per heavy atom. The minimum Gasteiger partial charge on any atom is -0.454 e. The fourth-order valence-corrected chi connectivity index (χ4v) is 4.34. The molecule has 11 heteroatoms. The lowest BCUT2D eigenvalue weighted by Gasteiger charge is -2.48. The molecule has 1 saturated heterocycles. The maximum Gasteiger partial charge on any atom is 0.416 e. The normalized spacial score (nSPS) is 22.6. The van der Waals surface area contributed by atoms with E-state index in [1.807, 2.05) is 20.8 Å². The number of benzene rings is 1. The number of esters is 1. The predicted molar refractivity (Wildman–Crippen MR) is 114 cm³/mol. The second-order valence-electron chi connectivity index (χ2n) is 10.3. The summed E-state index contributed by atoms with van der Waals surface area (Å²) in [5.41, 5.74) is -1.24. The van der Waals surface area contributed by atoms with Gasteiger partial charge in [0.05, 0.1) is 11.6 Å². The average molecular weight is 518 g/mol. The molecule has 3 nitrogen and oxygen atoms in total. The number of nitrogens with zero attached hydrogens (tertiary/aromatic N) is 1. The number of rotatable bonds is 7. The Hall–Kier alpha value is -1.91. The van der Waals surface area contributed by atoms with Gasteiger partial charge in [-0.3, -0.25) is 9.69 Å². The second kappa shape index (κ2) is 10.6. The van der Waals surface area contributed by atoms with Gasteiger partial charge in [-0.05, 0) is 42.4 Å². The monoisotopic (exact) mass is 517 g/mol. The molecule has 2 rings (SSSR count). The molecule has 1 heterocycles. The second-order valence-corrected chi connectivity index (χ2v) is 10.3. The summed E-state index contributed by atoms with van der Waals surface area (Å²) in [4.78, 5) is 13.1. The van der Waals surface area contributed by atoms with E-state index in [0.29, 0.717) is 6.42 Å². The van der Waals surface area contributed by atoms with Gasteiger partial charge in [0.25, 0.3) is 5.92 Å². The minimum atomic E-state index is -4.66. The molecule has 1 aliphatic heterocycles. The molecule has 0 aromatic heterocycles. The number of likely N-dealkylation sites (tertiary alicyclic amines) is 1. The van der Waals surface area contributed by atoms with Crippen LogP contribution in [0.1, 0.15) is 77.0 Å². The van der Waals surface area contributed by atoms with E-state index in [-0.39, 0.29) is 30.4 Å². The minimum absolute atomic E-state index is 0.0105. The van der Waals surface area contributed by atoms with Crippen LogP contribution in [0.3, 0.4) is 0 Å². The van der Waals surface area contributed by atoms with Crippen molar-refractivity contribution in [3.63, 3.8) is 0 Å². The molecule has 1 aromatic rings. The number of carbonyl (C=O) groups is 1. The maximum absolute atomic E-state index is 15.0. The van der Waals surface area contributed by atoms with Gasteiger partial charge < -0.3 is 4.74 Å². The van der Waals surface area contributed by atoms with E-state index in [0.717, 1.165) is 31.2 Å². The van der Waals surface area contributed by atoms with E-state index in [2.05, 4.69) is 0 Å². The quantitative estimate of drug-likeness (QED) is 0.276. The Labute approximate surface area is 199 Å². The molecule has 0 spiro atoms. The van der Waals surface area contributed by atoms with E-state index in [4.69, 9.17) is 4.74 Å². The summed E-state index contributed by atoms with van der Waals surface area (Å²) < 4.78 is 113. The highest BCUT2D eigenvalue weighted by molar-refractivity contribution is 5.66. The topological polar surface area (TPSA) is 29.5 Å². The highest BCUT2D eigenvalue weighted by atomic mass is 19.4. The Morgan fingerprint density at radius 3 is 2.03 bits per heavy atom. The molecule has 1 aromatic carbocycles. The molecular weight excluding hydrogens is 486 g/mol. The standard InChI is InChI=1S/C24H31F8NO2/c1-15(34)35-20-19(16-5-7-17(8-6-16)24(30,31)32)33(14-13-22(20,25)26)18(9-11-21(2,3)4)10-12-23(27,28)29/h5-8,18-20H,9-14H2,1-4H3. The fourth-order valence-electron chi connectivity index (χ4n) is 4.34. The van der Waals surface area contributed by atoms with Gasteiger partial charge in [0.2, 0.25) is 0 Å². The highest BCUT2D eigenvalue weighted by Gasteiger charge is 2.54. The van der Waals surface area contributed by atoms with Crippen LogP contribution in [-0.2, 0) is 15.7 Å². The first-order valence-electron chi connectivity index (χ1n) is 11.3. The van der Waals surface area contributed by atoms with Crippen LogP contribution in [0.15, 0.2) is 24.3 Å². The molecule has 0 radical (unpaired) electrons. The van der Waals surface area contributed by atoms with Gasteiger partial charge in [-0.15, -0.1) is 0 Å². The first kappa shape index (κ1) is 29.3. The zero-order valence-corrected chi connectivity index (χ0v) is 20.1. The summed E-state index contributed by atoms with van der Waals surface area (Å²) in [6, 6.07) is 1.27. The SMILES string of the molecule is CC(=O)OC1C(c2ccc(C(F)(F)F)cc2)N(C(CCC(C)(C)C)CCC(F)(F)F)CCC1(F)F. The van der Waals surface area contributed by atoms with Crippen molar-refractivity contribution in [3.05, 3.63) is 35.4 Å². The van der Waals surface area contributed by atoms with Crippen molar-refractivity contribution in [1.82, 2.24) is 4.90 Å². The zero-order chi connectivity index (χ0) is 26.8. The third kappa shape index (κ3) is 8.61. The van der Waals surface area contributed by atoms with Gasteiger partial charge in [-0.1, -0.05) is 32.9 Å². The first-order valence-corrected chi connectivity index (χ1v) is 11.3. The van der Waals surface area contributed by atoms with Crippen LogP contribution in [0.25, 0.3) is 0 Å². The van der Waals surface area contributed by atoms with Crippen molar-refractivity contribution in [3.8, 4) is 0 Å². The maximum atomic E-state index is 15.0. The van der Waals surface area contributed by atoms with Gasteiger partial charge in [0.15, 0.2) is 6.10 Å². The van der Waals surface area contributed by atoms with Crippen LogP contribution in [0.5, 0.6) is 0 Å². The molecule has 3 atom stereocenters. The summed E-state index contributed by atoms with van der Waals surface area (Å²) in [6.45, 7) is 6.32. The van der Waals surface area contributed by atoms with Crippen molar-refractivity contribution in [2.24, 2.45) is 5.41 Å². The number of carbonyl (C=O) groups excluding carboxylic acids is 1. The fraction of sp³-hybridized carbons (Fsp3) is 0.708. The van der Waals surface area contributed by atoms with Gasteiger partial charge >= 0.3 is 18.3 Å². The molecular formula is C24H31F8NO2. The molecule has 0 aliphatic carbocycles. The van der Waals surface area contributed by atoms with Gasteiger partial charge in [-0.2, -0.15) is 26.3 Å². The lowest BCUT2D eigenvalue weighted by atomic mass is 9.83. The summed E-state index contributed by atoms with van der Waals surface area (Å²) in [5.74, 6) is -4.54. The van der Waals surface area contributed by atoms with Gasteiger partial charge in [-0.25, -0.2) is 8.78 Å². The lowest BCUT2D eigenvalue weighted by molar-refractivity contribution is -0.207. The summed E-state index contributed by atoms with van der Waals surface area (Å²) in [5, 5.41) is 0. The highest BCUT2D eigenvalue weighted by Crippen LogP contribution is 2.45. The Bertz CT molecular complexity index is 825. The molecule has 1 aliphatic rings. The van der Waals surface area contributed by atoms with E-state index in [1.165, 1.54) is 4.90 Å². The molecule has 35 heavy (non-hydrogen) atoms. The van der Waals surface area contributed by atoms with Crippen molar-refractivity contribution in [2.75, 3.05) is 6.54 Å². The first-order chi connectivity index (χ1) is 15.8. The van der Waals surface area contributed by atoms with E-state index < -0.39 is 60.8 Å². The third-order valence-corrected chi connectivity index (χ3v) is 6.09. The number of halogens is 8. The van der Waals surface area contributed by atoms with Crippen LogP contribution in [0.2, 0.25) is 0 Å². The summed E-state index contributed by atoms with van der Waals surface area (Å²) in [7, 11) is 0. The van der Waals surface area contributed by atoms with Crippen LogP contribution < -0.4 is 0 Å². The van der Waals surface area contributed by atoms with E-state index in [1.54, 1.807) is 0 Å². The van der Waals surface area contributed by atoms with Crippen LogP contribution >= 0.6 is 0 Å². The molecule has 0 amide bonds. The van der Waals surface area contributed by atoms with Gasteiger partial charge in [0, 0.05) is 32.4 Å². The zero-order valence-electron chi connectivity index (χ0n) is 20.1. The van der Waals surface area contributed by atoms with Crippen molar-refractivity contribution in [2.45, 2.75) is 96.3 Å². The Kier molecular flexibility index (Phi) is 8.88. The number of alkyl halides is 8. The predicted octanol–water partition coefficient (Wildman–Crippen LogP) is 7.56. The van der Waals surface area contributed by atoms with E-state index >= 15 is 0 Å². The molecule has 3 unspecified atom stereocenters. The number of hydrogen-bond donors (Lipinski definition) is 0. The summed E-state index contributed by atoms with van der Waals surface area (Å²) >= 11 is 0. The Balaban J connectivity index is 2.54. The van der Waals surface area contributed by atoms with Gasteiger partial charge in [0.1, 0.15) is 0 Å². The molecule has 1 fully saturated rings. The van der Waals surface area contributed by atoms with Crippen LogP contribution in [0.4, 0.5) is 35.1 Å².